The van der Waals surface area contributed by atoms with Crippen molar-refractivity contribution in [2.45, 2.75) is 13.3 Å². The van der Waals surface area contributed by atoms with Crippen molar-refractivity contribution in [1.82, 2.24) is 9.97 Å². The molecular formula is C22H19N3. The lowest BCUT2D eigenvalue weighted by Crippen LogP contribution is -2.01. The second-order valence-corrected chi connectivity index (χ2v) is 5.91. The number of anilines is 2. The number of fused-ring (bicyclic) bond motifs is 1. The van der Waals surface area contributed by atoms with Crippen LogP contribution in [0, 0.1) is 0 Å². The number of aryl methyl sites for hydroxylation is 1. The summed E-state index contributed by atoms with van der Waals surface area (Å²) in [4.78, 5) is 9.56. The van der Waals surface area contributed by atoms with Crippen LogP contribution >= 0.6 is 0 Å². The van der Waals surface area contributed by atoms with Crippen LogP contribution in [0.2, 0.25) is 0 Å². The number of benzene rings is 3. The predicted octanol–water partition coefficient (Wildman–Crippen LogP) is 5.60. The fraction of sp³-hybridized carbons (Fsp3) is 0.0909. The van der Waals surface area contributed by atoms with E-state index in [2.05, 4.69) is 36.5 Å². The number of rotatable bonds is 4. The summed E-state index contributed by atoms with van der Waals surface area (Å²) in [6.07, 6.45) is 0.970. The molecule has 25 heavy (non-hydrogen) atoms. The highest BCUT2D eigenvalue weighted by atomic mass is 15.0. The van der Waals surface area contributed by atoms with Gasteiger partial charge in [-0.15, -0.1) is 0 Å². The maximum absolute atomic E-state index is 4.82. The van der Waals surface area contributed by atoms with Gasteiger partial charge >= 0.3 is 0 Å². The first-order valence-corrected chi connectivity index (χ1v) is 8.52. The van der Waals surface area contributed by atoms with Crippen molar-refractivity contribution in [3.63, 3.8) is 0 Å². The molecule has 0 aliphatic heterocycles. The second-order valence-electron chi connectivity index (χ2n) is 5.91. The third kappa shape index (κ3) is 3.09. The maximum Gasteiger partial charge on any atom is 0.162 e. The molecule has 0 saturated carbocycles. The predicted molar refractivity (Wildman–Crippen MR) is 104 cm³/mol. The highest BCUT2D eigenvalue weighted by Crippen LogP contribution is 2.28. The van der Waals surface area contributed by atoms with E-state index in [0.29, 0.717) is 0 Å². The molecule has 1 N–H and O–H groups in total. The summed E-state index contributed by atoms with van der Waals surface area (Å²) in [6, 6.07) is 26.5. The first kappa shape index (κ1) is 15.3. The van der Waals surface area contributed by atoms with Crippen molar-refractivity contribution in [2.24, 2.45) is 0 Å². The first-order valence-electron chi connectivity index (χ1n) is 8.52. The average Bonchev–Trinajstić information content (AvgIpc) is 2.69. The van der Waals surface area contributed by atoms with Crippen LogP contribution in [0.4, 0.5) is 11.5 Å². The standard InChI is InChI=1S/C22H19N3/c1-2-16-10-6-8-14-19(16)23-22-18-13-7-9-15-20(18)24-21(25-22)17-11-4-3-5-12-17/h3-15H,2H2,1H3,(H,23,24,25). The van der Waals surface area contributed by atoms with E-state index in [1.165, 1.54) is 5.56 Å². The quantitative estimate of drug-likeness (QED) is 0.530. The molecule has 0 amide bonds. The van der Waals surface area contributed by atoms with E-state index in [1.54, 1.807) is 0 Å². The van der Waals surface area contributed by atoms with Gasteiger partial charge in [-0.25, -0.2) is 9.97 Å². The second kappa shape index (κ2) is 6.73. The van der Waals surface area contributed by atoms with Crippen molar-refractivity contribution in [1.29, 1.82) is 0 Å². The summed E-state index contributed by atoms with van der Waals surface area (Å²) in [5.74, 6) is 1.57. The van der Waals surface area contributed by atoms with Gasteiger partial charge in [-0.1, -0.05) is 67.6 Å². The lowest BCUT2D eigenvalue weighted by Gasteiger charge is -2.13. The minimum absolute atomic E-state index is 0.732. The highest BCUT2D eigenvalue weighted by molar-refractivity contribution is 5.92. The van der Waals surface area contributed by atoms with Gasteiger partial charge in [-0.05, 0) is 30.2 Å². The highest BCUT2D eigenvalue weighted by Gasteiger charge is 2.10. The van der Waals surface area contributed by atoms with Crippen LogP contribution in [0.3, 0.4) is 0 Å². The Morgan fingerprint density at radius 2 is 1.48 bits per heavy atom. The van der Waals surface area contributed by atoms with Crippen LogP contribution < -0.4 is 5.32 Å². The normalized spacial score (nSPS) is 10.8. The van der Waals surface area contributed by atoms with Gasteiger partial charge in [-0.3, -0.25) is 0 Å². The van der Waals surface area contributed by atoms with Crippen molar-refractivity contribution < 1.29 is 0 Å². The van der Waals surface area contributed by atoms with Crippen molar-refractivity contribution >= 4 is 22.4 Å². The van der Waals surface area contributed by atoms with Crippen molar-refractivity contribution in [3.05, 3.63) is 84.4 Å². The minimum atomic E-state index is 0.732. The van der Waals surface area contributed by atoms with E-state index >= 15 is 0 Å². The van der Waals surface area contributed by atoms with Gasteiger partial charge in [0.2, 0.25) is 0 Å². The average molecular weight is 325 g/mol. The van der Waals surface area contributed by atoms with Gasteiger partial charge in [0.25, 0.3) is 0 Å². The molecule has 0 radical (unpaired) electrons. The van der Waals surface area contributed by atoms with Gasteiger partial charge < -0.3 is 5.32 Å². The van der Waals surface area contributed by atoms with E-state index in [0.717, 1.165) is 40.2 Å². The molecule has 3 heteroatoms. The Bertz CT molecular complexity index is 1010. The van der Waals surface area contributed by atoms with Crippen LogP contribution in [0.1, 0.15) is 12.5 Å². The molecule has 0 aliphatic carbocycles. The molecule has 4 rings (SSSR count). The molecule has 3 nitrogen and oxygen atoms in total. The molecule has 0 atom stereocenters. The number of nitrogens with one attached hydrogen (secondary N) is 1. The van der Waals surface area contributed by atoms with E-state index in [9.17, 15) is 0 Å². The van der Waals surface area contributed by atoms with Crippen LogP contribution in [0.5, 0.6) is 0 Å². The summed E-state index contributed by atoms with van der Waals surface area (Å²) in [5.41, 5.74) is 4.31. The zero-order chi connectivity index (χ0) is 17.1. The lowest BCUT2D eigenvalue weighted by atomic mass is 10.1. The molecule has 0 fully saturated rings. The number of hydrogen-bond donors (Lipinski definition) is 1. The Hall–Kier alpha value is -3.20. The zero-order valence-corrected chi connectivity index (χ0v) is 14.1. The Kier molecular flexibility index (Phi) is 4.13. The molecule has 0 saturated heterocycles. The molecule has 1 heterocycles. The molecule has 0 aliphatic rings. The number of para-hydroxylation sites is 2. The van der Waals surface area contributed by atoms with Crippen LogP contribution in [-0.4, -0.2) is 9.97 Å². The topological polar surface area (TPSA) is 37.8 Å². The minimum Gasteiger partial charge on any atom is -0.339 e. The Morgan fingerprint density at radius 3 is 2.32 bits per heavy atom. The number of hydrogen-bond acceptors (Lipinski definition) is 3. The molecular weight excluding hydrogens is 306 g/mol. The van der Waals surface area contributed by atoms with Crippen molar-refractivity contribution in [3.8, 4) is 11.4 Å². The Balaban J connectivity index is 1.87. The van der Waals surface area contributed by atoms with E-state index in [1.807, 2.05) is 54.6 Å². The number of nitrogens with zero attached hydrogens (tertiary/aromatic N) is 2. The molecule has 4 aromatic rings. The summed E-state index contributed by atoms with van der Waals surface area (Å²) >= 11 is 0. The van der Waals surface area contributed by atoms with Crippen LogP contribution in [0.25, 0.3) is 22.3 Å². The van der Waals surface area contributed by atoms with E-state index < -0.39 is 0 Å². The monoisotopic (exact) mass is 325 g/mol. The van der Waals surface area contributed by atoms with Gasteiger partial charge in [0, 0.05) is 16.6 Å². The largest absolute Gasteiger partial charge is 0.339 e. The smallest absolute Gasteiger partial charge is 0.162 e. The lowest BCUT2D eigenvalue weighted by molar-refractivity contribution is 1.14. The van der Waals surface area contributed by atoms with E-state index in [4.69, 9.17) is 9.97 Å². The summed E-state index contributed by atoms with van der Waals surface area (Å²) in [7, 11) is 0. The molecule has 1 aromatic heterocycles. The molecule has 0 bridgehead atoms. The molecule has 0 unspecified atom stereocenters. The number of aromatic nitrogens is 2. The van der Waals surface area contributed by atoms with Crippen LogP contribution in [-0.2, 0) is 6.42 Å². The fourth-order valence-electron chi connectivity index (χ4n) is 2.97. The molecule has 122 valence electrons. The van der Waals surface area contributed by atoms with E-state index in [-0.39, 0.29) is 0 Å². The Labute approximate surface area is 147 Å². The molecule has 3 aromatic carbocycles. The fourth-order valence-corrected chi connectivity index (χ4v) is 2.97. The van der Waals surface area contributed by atoms with Gasteiger partial charge in [0.05, 0.1) is 5.52 Å². The SMILES string of the molecule is CCc1ccccc1Nc1nc(-c2ccccc2)nc2ccccc12. The van der Waals surface area contributed by atoms with Gasteiger partial charge in [0.1, 0.15) is 5.82 Å². The van der Waals surface area contributed by atoms with Gasteiger partial charge in [0.15, 0.2) is 5.82 Å². The van der Waals surface area contributed by atoms with Crippen LogP contribution in [0.15, 0.2) is 78.9 Å². The summed E-state index contributed by atoms with van der Waals surface area (Å²) in [6.45, 7) is 2.16. The Morgan fingerprint density at radius 1 is 0.760 bits per heavy atom. The summed E-state index contributed by atoms with van der Waals surface area (Å²) < 4.78 is 0. The zero-order valence-electron chi connectivity index (χ0n) is 14.1. The third-order valence-corrected chi connectivity index (χ3v) is 4.29. The first-order chi connectivity index (χ1) is 12.3. The molecule has 0 spiro atoms. The van der Waals surface area contributed by atoms with Gasteiger partial charge in [-0.2, -0.15) is 0 Å². The third-order valence-electron chi connectivity index (χ3n) is 4.29. The maximum atomic E-state index is 4.82. The van der Waals surface area contributed by atoms with Crippen molar-refractivity contribution in [2.75, 3.05) is 5.32 Å². The summed E-state index contributed by atoms with van der Waals surface area (Å²) in [5, 5.41) is 4.55.